The zero-order valence-electron chi connectivity index (χ0n) is 13.0. The number of rotatable bonds is 7. The minimum atomic E-state index is -0.00658. The van der Waals surface area contributed by atoms with Crippen molar-refractivity contribution in [1.82, 2.24) is 19.9 Å². The molecule has 8 heteroatoms. The van der Waals surface area contributed by atoms with Gasteiger partial charge in [0.1, 0.15) is 0 Å². The number of ether oxygens (including phenoxy) is 1. The van der Waals surface area contributed by atoms with Crippen LogP contribution in [0.15, 0.2) is 0 Å². The minimum absolute atomic E-state index is 0.00658. The number of hydrogen-bond acceptors (Lipinski definition) is 8. The number of likely N-dealkylation sites (tertiary alicyclic amines) is 1. The van der Waals surface area contributed by atoms with Crippen molar-refractivity contribution in [3.8, 4) is 6.01 Å². The van der Waals surface area contributed by atoms with E-state index in [1.807, 2.05) is 13.8 Å². The summed E-state index contributed by atoms with van der Waals surface area (Å²) in [6.45, 7) is 9.25. The van der Waals surface area contributed by atoms with Crippen LogP contribution >= 0.6 is 0 Å². The largest absolute Gasteiger partial charge is 0.461 e. The third-order valence-corrected chi connectivity index (χ3v) is 3.19. The van der Waals surface area contributed by atoms with Crippen LogP contribution in [-0.2, 0) is 0 Å². The first kappa shape index (κ1) is 15.7. The lowest BCUT2D eigenvalue weighted by molar-refractivity contribution is 0.222. The van der Waals surface area contributed by atoms with Crippen LogP contribution in [0.2, 0.25) is 0 Å². The number of nitrogen functional groups attached to an aromatic ring is 1. The lowest BCUT2D eigenvalue weighted by Crippen LogP contribution is -2.33. The molecule has 1 aliphatic rings. The van der Waals surface area contributed by atoms with Crippen LogP contribution in [0.3, 0.4) is 0 Å². The van der Waals surface area contributed by atoms with Gasteiger partial charge < -0.3 is 15.0 Å². The van der Waals surface area contributed by atoms with Crippen molar-refractivity contribution in [2.45, 2.75) is 45.8 Å². The highest BCUT2D eigenvalue weighted by molar-refractivity contribution is 5.35. The number of nitrogens with zero attached hydrogens (tertiary/aromatic N) is 4. The van der Waals surface area contributed by atoms with Gasteiger partial charge in [0, 0.05) is 12.6 Å². The molecule has 8 nitrogen and oxygen atoms in total. The molecule has 0 saturated carbocycles. The summed E-state index contributed by atoms with van der Waals surface area (Å²) in [6.07, 6.45) is 2.56. The van der Waals surface area contributed by atoms with Crippen LogP contribution in [0.5, 0.6) is 6.01 Å². The van der Waals surface area contributed by atoms with Crippen LogP contribution < -0.4 is 21.3 Å². The lowest BCUT2D eigenvalue weighted by Gasteiger charge is -2.21. The maximum atomic E-state index is 5.50. The van der Waals surface area contributed by atoms with E-state index in [-0.39, 0.29) is 24.1 Å². The van der Waals surface area contributed by atoms with Crippen LogP contribution in [0, 0.1) is 0 Å². The lowest BCUT2D eigenvalue weighted by atomic mass is 10.3. The van der Waals surface area contributed by atoms with Gasteiger partial charge in [0.2, 0.25) is 11.9 Å². The highest BCUT2D eigenvalue weighted by Crippen LogP contribution is 2.14. The van der Waals surface area contributed by atoms with Crippen molar-refractivity contribution in [2.24, 2.45) is 5.84 Å². The second-order valence-electron chi connectivity index (χ2n) is 5.63. The van der Waals surface area contributed by atoms with Gasteiger partial charge in [-0.25, -0.2) is 5.84 Å². The third kappa shape index (κ3) is 4.98. The number of anilines is 2. The SMILES string of the molecule is CC(CN1CCCC1)Nc1nc(NN)nc(OC(C)C)n1. The van der Waals surface area contributed by atoms with Gasteiger partial charge in [-0.05, 0) is 46.7 Å². The number of hydrazine groups is 1. The van der Waals surface area contributed by atoms with Crippen molar-refractivity contribution >= 4 is 11.9 Å². The Kier molecular flexibility index (Phi) is 5.51. The second kappa shape index (κ2) is 7.37. The van der Waals surface area contributed by atoms with Gasteiger partial charge in [0.25, 0.3) is 0 Å². The summed E-state index contributed by atoms with van der Waals surface area (Å²) in [7, 11) is 0. The molecule has 1 unspecified atom stereocenters. The Labute approximate surface area is 125 Å². The summed E-state index contributed by atoms with van der Waals surface area (Å²) in [5.74, 6) is 6.15. The van der Waals surface area contributed by atoms with E-state index >= 15 is 0 Å². The van der Waals surface area contributed by atoms with E-state index in [0.717, 1.165) is 6.54 Å². The van der Waals surface area contributed by atoms with E-state index in [1.165, 1.54) is 25.9 Å². The predicted octanol–water partition coefficient (Wildman–Crippen LogP) is 0.841. The van der Waals surface area contributed by atoms with Crippen molar-refractivity contribution in [1.29, 1.82) is 0 Å². The highest BCUT2D eigenvalue weighted by atomic mass is 16.5. The molecule has 1 fully saturated rings. The van der Waals surface area contributed by atoms with Crippen LogP contribution in [0.1, 0.15) is 33.6 Å². The fourth-order valence-electron chi connectivity index (χ4n) is 2.37. The topological polar surface area (TPSA) is 101 Å². The normalized spacial score (nSPS) is 17.0. The summed E-state index contributed by atoms with van der Waals surface area (Å²) >= 11 is 0. The fourth-order valence-corrected chi connectivity index (χ4v) is 2.37. The van der Waals surface area contributed by atoms with Crippen molar-refractivity contribution < 1.29 is 4.74 Å². The maximum Gasteiger partial charge on any atom is 0.323 e. The fraction of sp³-hybridized carbons (Fsp3) is 0.769. The van der Waals surface area contributed by atoms with Gasteiger partial charge in [-0.1, -0.05) is 0 Å². The van der Waals surface area contributed by atoms with Crippen molar-refractivity contribution in [2.75, 3.05) is 30.4 Å². The summed E-state index contributed by atoms with van der Waals surface area (Å²) < 4.78 is 5.50. The molecular formula is C13H25N7O. The Morgan fingerprint density at radius 3 is 2.43 bits per heavy atom. The summed E-state index contributed by atoms with van der Waals surface area (Å²) in [5, 5.41) is 3.28. The van der Waals surface area contributed by atoms with Crippen molar-refractivity contribution in [3.05, 3.63) is 0 Å². The minimum Gasteiger partial charge on any atom is -0.461 e. The van der Waals surface area contributed by atoms with Crippen LogP contribution in [0.25, 0.3) is 0 Å². The first-order chi connectivity index (χ1) is 10.1. The molecule has 0 aliphatic carbocycles. The summed E-state index contributed by atoms with van der Waals surface area (Å²) in [4.78, 5) is 15.0. The average Bonchev–Trinajstić information content (AvgIpc) is 2.90. The van der Waals surface area contributed by atoms with E-state index in [4.69, 9.17) is 10.6 Å². The van der Waals surface area contributed by atoms with Crippen LogP contribution in [0.4, 0.5) is 11.9 Å². The van der Waals surface area contributed by atoms with E-state index in [0.29, 0.717) is 5.95 Å². The van der Waals surface area contributed by atoms with E-state index < -0.39 is 0 Å². The Balaban J connectivity index is 1.99. The molecule has 1 saturated heterocycles. The molecule has 0 radical (unpaired) electrons. The van der Waals surface area contributed by atoms with Gasteiger partial charge >= 0.3 is 6.01 Å². The van der Waals surface area contributed by atoms with Gasteiger partial charge in [-0.2, -0.15) is 15.0 Å². The molecule has 1 atom stereocenters. The number of nitrogens with two attached hydrogens (primary N) is 1. The Bertz CT molecular complexity index is 448. The Morgan fingerprint density at radius 2 is 1.81 bits per heavy atom. The van der Waals surface area contributed by atoms with Crippen molar-refractivity contribution in [3.63, 3.8) is 0 Å². The smallest absolute Gasteiger partial charge is 0.323 e. The van der Waals surface area contributed by atoms with E-state index in [9.17, 15) is 0 Å². The third-order valence-electron chi connectivity index (χ3n) is 3.19. The Hall–Kier alpha value is -1.67. The molecule has 118 valence electrons. The van der Waals surface area contributed by atoms with Gasteiger partial charge in [0.15, 0.2) is 0 Å². The molecule has 1 aliphatic heterocycles. The van der Waals surface area contributed by atoms with E-state index in [1.54, 1.807) is 0 Å². The zero-order chi connectivity index (χ0) is 15.2. The molecule has 2 heterocycles. The molecule has 0 aromatic carbocycles. The average molecular weight is 295 g/mol. The summed E-state index contributed by atoms with van der Waals surface area (Å²) in [6, 6.07) is 0.506. The van der Waals surface area contributed by atoms with Gasteiger partial charge in [0.05, 0.1) is 6.10 Å². The predicted molar refractivity (Wildman–Crippen MR) is 82.2 cm³/mol. The van der Waals surface area contributed by atoms with E-state index in [2.05, 4.69) is 37.5 Å². The molecule has 4 N–H and O–H groups in total. The van der Waals surface area contributed by atoms with Crippen LogP contribution in [-0.4, -0.2) is 51.6 Å². The summed E-state index contributed by atoms with van der Waals surface area (Å²) in [5.41, 5.74) is 2.43. The first-order valence-corrected chi connectivity index (χ1v) is 7.45. The molecule has 1 aromatic rings. The zero-order valence-corrected chi connectivity index (χ0v) is 13.0. The quantitative estimate of drug-likeness (QED) is 0.502. The van der Waals surface area contributed by atoms with Gasteiger partial charge in [-0.15, -0.1) is 0 Å². The molecule has 0 amide bonds. The number of nitrogens with one attached hydrogen (secondary N) is 2. The second-order valence-corrected chi connectivity index (χ2v) is 5.63. The Morgan fingerprint density at radius 1 is 1.14 bits per heavy atom. The number of hydrogen-bond donors (Lipinski definition) is 3. The maximum absolute atomic E-state index is 5.50. The van der Waals surface area contributed by atoms with Gasteiger partial charge in [-0.3, -0.25) is 5.43 Å². The molecule has 1 aromatic heterocycles. The molecule has 2 rings (SSSR count). The number of aromatic nitrogens is 3. The molecule has 0 spiro atoms. The highest BCUT2D eigenvalue weighted by Gasteiger charge is 2.16. The standard InChI is InChI=1S/C13H25N7O/c1-9(2)21-13-17-11(16-12(18-13)19-14)15-10(3)8-20-6-4-5-7-20/h9-10H,4-8,14H2,1-3H3,(H2,15,16,17,18,19). The molecular weight excluding hydrogens is 270 g/mol. The monoisotopic (exact) mass is 295 g/mol. The molecule has 21 heavy (non-hydrogen) atoms. The first-order valence-electron chi connectivity index (χ1n) is 7.45. The molecule has 0 bridgehead atoms.